The average Bonchev–Trinajstić information content (AvgIpc) is 2.42. The van der Waals surface area contributed by atoms with Gasteiger partial charge in [-0.1, -0.05) is 6.42 Å². The molecule has 7 heteroatoms. The maximum absolute atomic E-state index is 11.8. The van der Waals surface area contributed by atoms with Crippen LogP contribution in [0.15, 0.2) is 0 Å². The van der Waals surface area contributed by atoms with Crippen molar-refractivity contribution in [2.45, 2.75) is 38.3 Å². The van der Waals surface area contributed by atoms with Crippen LogP contribution < -0.4 is 10.6 Å². The van der Waals surface area contributed by atoms with E-state index in [2.05, 4.69) is 22.5 Å². The number of morpholine rings is 1. The molecule has 2 aliphatic heterocycles. The van der Waals surface area contributed by atoms with E-state index in [9.17, 15) is 4.79 Å². The summed E-state index contributed by atoms with van der Waals surface area (Å²) in [6, 6.07) is 0.490. The summed E-state index contributed by atoms with van der Waals surface area (Å²) in [6.07, 6.45) is 3.91. The lowest BCUT2D eigenvalue weighted by Crippen LogP contribution is -2.52. The molecule has 0 spiro atoms. The number of ether oxygens (including phenoxy) is 1. The molecule has 0 radical (unpaired) electrons. The van der Waals surface area contributed by atoms with Gasteiger partial charge in [0.1, 0.15) is 6.04 Å². The lowest BCUT2D eigenvalue weighted by atomic mass is 10.0. The zero-order valence-electron chi connectivity index (χ0n) is 12.1. The Labute approximate surface area is 134 Å². The van der Waals surface area contributed by atoms with Gasteiger partial charge in [-0.05, 0) is 26.3 Å². The second-order valence-corrected chi connectivity index (χ2v) is 5.25. The fourth-order valence-corrected chi connectivity index (χ4v) is 2.67. The predicted octanol–water partition coefficient (Wildman–Crippen LogP) is 0.809. The number of likely N-dealkylation sites (tertiary alicyclic amines) is 1. The first kappa shape index (κ1) is 19.9. The molecular weight excluding hydrogens is 301 g/mol. The standard InChI is InChI=1S/C13H25N3O2.2ClH/c1-11-4-2-3-7-16(11)8-5-15-13(17)12-10-18-9-6-14-12;;/h11-12,14H,2-10H2,1H3,(H,15,17);2*1H. The fraction of sp³-hybridized carbons (Fsp3) is 0.923. The number of piperidine rings is 1. The number of hydrogen-bond acceptors (Lipinski definition) is 4. The molecule has 0 aromatic carbocycles. The van der Waals surface area contributed by atoms with Crippen molar-refractivity contribution in [2.75, 3.05) is 39.4 Å². The Hall–Kier alpha value is -0.0700. The number of rotatable bonds is 4. The van der Waals surface area contributed by atoms with E-state index in [0.29, 0.717) is 19.3 Å². The highest BCUT2D eigenvalue weighted by Gasteiger charge is 2.21. The third kappa shape index (κ3) is 6.14. The minimum atomic E-state index is -0.169. The van der Waals surface area contributed by atoms with Gasteiger partial charge in [-0.25, -0.2) is 0 Å². The van der Waals surface area contributed by atoms with Crippen molar-refractivity contribution in [1.82, 2.24) is 15.5 Å². The van der Waals surface area contributed by atoms with Crippen molar-refractivity contribution in [3.05, 3.63) is 0 Å². The first-order valence-corrected chi connectivity index (χ1v) is 7.10. The van der Waals surface area contributed by atoms with E-state index >= 15 is 0 Å². The normalized spacial score (nSPS) is 27.1. The molecular formula is C13H27Cl2N3O2. The lowest BCUT2D eigenvalue weighted by Gasteiger charge is -2.33. The molecule has 1 amide bonds. The van der Waals surface area contributed by atoms with Crippen molar-refractivity contribution in [2.24, 2.45) is 0 Å². The number of amides is 1. The minimum Gasteiger partial charge on any atom is -0.378 e. The summed E-state index contributed by atoms with van der Waals surface area (Å²) < 4.78 is 5.28. The largest absolute Gasteiger partial charge is 0.378 e. The maximum atomic E-state index is 11.8. The van der Waals surface area contributed by atoms with Gasteiger partial charge >= 0.3 is 0 Å². The third-order valence-electron chi connectivity index (χ3n) is 3.88. The molecule has 0 bridgehead atoms. The molecule has 2 saturated heterocycles. The van der Waals surface area contributed by atoms with Crippen molar-refractivity contribution in [1.29, 1.82) is 0 Å². The van der Waals surface area contributed by atoms with Crippen LogP contribution in [0.25, 0.3) is 0 Å². The zero-order valence-corrected chi connectivity index (χ0v) is 13.7. The first-order valence-electron chi connectivity index (χ1n) is 7.10. The van der Waals surface area contributed by atoms with Crippen molar-refractivity contribution in [3.8, 4) is 0 Å². The molecule has 2 rings (SSSR count). The molecule has 0 aromatic heterocycles. The summed E-state index contributed by atoms with van der Waals surface area (Å²) in [5.41, 5.74) is 0. The summed E-state index contributed by atoms with van der Waals surface area (Å²) in [5.74, 6) is 0.0689. The van der Waals surface area contributed by atoms with Crippen molar-refractivity contribution >= 4 is 30.7 Å². The van der Waals surface area contributed by atoms with Gasteiger partial charge in [-0.15, -0.1) is 24.8 Å². The Balaban J connectivity index is 0.00000180. The van der Waals surface area contributed by atoms with E-state index in [1.807, 2.05) is 0 Å². The van der Waals surface area contributed by atoms with Crippen LogP contribution in [0.2, 0.25) is 0 Å². The Kier molecular flexibility index (Phi) is 10.6. The summed E-state index contributed by atoms with van der Waals surface area (Å²) in [6.45, 7) is 7.10. The Morgan fingerprint density at radius 3 is 2.85 bits per heavy atom. The highest BCUT2D eigenvalue weighted by atomic mass is 35.5. The highest BCUT2D eigenvalue weighted by molar-refractivity contribution is 5.85. The Morgan fingerprint density at radius 1 is 1.40 bits per heavy atom. The number of nitrogens with one attached hydrogen (secondary N) is 2. The van der Waals surface area contributed by atoms with E-state index in [-0.39, 0.29) is 36.8 Å². The van der Waals surface area contributed by atoms with Crippen LogP contribution in [0.3, 0.4) is 0 Å². The lowest BCUT2D eigenvalue weighted by molar-refractivity contribution is -0.126. The van der Waals surface area contributed by atoms with Gasteiger partial charge < -0.3 is 15.4 Å². The third-order valence-corrected chi connectivity index (χ3v) is 3.88. The second-order valence-electron chi connectivity index (χ2n) is 5.25. The van der Waals surface area contributed by atoms with Crippen LogP contribution in [-0.2, 0) is 9.53 Å². The molecule has 0 aliphatic carbocycles. The number of nitrogens with zero attached hydrogens (tertiary/aromatic N) is 1. The molecule has 2 atom stereocenters. The van der Waals surface area contributed by atoms with Crippen LogP contribution in [0, 0.1) is 0 Å². The van der Waals surface area contributed by atoms with Crippen LogP contribution in [0.1, 0.15) is 26.2 Å². The Morgan fingerprint density at radius 2 is 2.20 bits per heavy atom. The van der Waals surface area contributed by atoms with Crippen molar-refractivity contribution in [3.63, 3.8) is 0 Å². The molecule has 2 fully saturated rings. The van der Waals surface area contributed by atoms with Gasteiger partial charge in [0.05, 0.1) is 13.2 Å². The molecule has 2 unspecified atom stereocenters. The number of carbonyl (C=O) groups is 1. The summed E-state index contributed by atoms with van der Waals surface area (Å²) in [4.78, 5) is 14.3. The fourth-order valence-electron chi connectivity index (χ4n) is 2.67. The molecule has 0 aromatic rings. The monoisotopic (exact) mass is 327 g/mol. The SMILES string of the molecule is CC1CCCCN1CCNC(=O)C1COCCN1.Cl.Cl. The molecule has 5 nitrogen and oxygen atoms in total. The molecule has 20 heavy (non-hydrogen) atoms. The van der Waals surface area contributed by atoms with Gasteiger partial charge in [0.25, 0.3) is 0 Å². The van der Waals surface area contributed by atoms with E-state index in [1.54, 1.807) is 0 Å². The summed E-state index contributed by atoms with van der Waals surface area (Å²) in [7, 11) is 0. The number of carbonyl (C=O) groups excluding carboxylic acids is 1. The van der Waals surface area contributed by atoms with Gasteiger partial charge in [-0.2, -0.15) is 0 Å². The van der Waals surface area contributed by atoms with E-state index in [1.165, 1.54) is 25.8 Å². The van der Waals surface area contributed by atoms with Gasteiger partial charge in [0.15, 0.2) is 0 Å². The molecule has 0 saturated carbocycles. The molecule has 2 heterocycles. The average molecular weight is 328 g/mol. The first-order chi connectivity index (χ1) is 8.77. The molecule has 120 valence electrons. The highest BCUT2D eigenvalue weighted by Crippen LogP contribution is 2.15. The molecule has 2 aliphatic rings. The maximum Gasteiger partial charge on any atom is 0.239 e. The second kappa shape index (κ2) is 10.6. The van der Waals surface area contributed by atoms with Crippen LogP contribution >= 0.6 is 24.8 Å². The van der Waals surface area contributed by atoms with Crippen LogP contribution in [0.5, 0.6) is 0 Å². The van der Waals surface area contributed by atoms with E-state index < -0.39 is 0 Å². The predicted molar refractivity (Wildman–Crippen MR) is 85.0 cm³/mol. The van der Waals surface area contributed by atoms with Gasteiger partial charge in [0.2, 0.25) is 5.91 Å². The van der Waals surface area contributed by atoms with Gasteiger partial charge in [0, 0.05) is 25.7 Å². The molecule has 2 N–H and O–H groups in total. The van der Waals surface area contributed by atoms with Crippen LogP contribution in [-0.4, -0.2) is 62.3 Å². The topological polar surface area (TPSA) is 53.6 Å². The van der Waals surface area contributed by atoms with E-state index in [0.717, 1.165) is 19.6 Å². The number of halogens is 2. The summed E-state index contributed by atoms with van der Waals surface area (Å²) >= 11 is 0. The quantitative estimate of drug-likeness (QED) is 0.802. The van der Waals surface area contributed by atoms with Crippen molar-refractivity contribution < 1.29 is 9.53 Å². The number of hydrogen-bond donors (Lipinski definition) is 2. The van der Waals surface area contributed by atoms with Crippen LogP contribution in [0.4, 0.5) is 0 Å². The van der Waals surface area contributed by atoms with E-state index in [4.69, 9.17) is 4.74 Å². The minimum absolute atomic E-state index is 0. The Bertz CT molecular complexity index is 276. The zero-order chi connectivity index (χ0) is 12.8. The summed E-state index contributed by atoms with van der Waals surface area (Å²) in [5, 5.41) is 6.16. The smallest absolute Gasteiger partial charge is 0.239 e. The van der Waals surface area contributed by atoms with Gasteiger partial charge in [-0.3, -0.25) is 9.69 Å².